The molecule has 0 bridgehead atoms. The van der Waals surface area contributed by atoms with Crippen molar-refractivity contribution >= 4 is 0 Å². The maximum atomic E-state index is 6.29. The van der Waals surface area contributed by atoms with Gasteiger partial charge in [-0.15, -0.1) is 0 Å². The van der Waals surface area contributed by atoms with Crippen molar-refractivity contribution in [1.29, 1.82) is 0 Å². The van der Waals surface area contributed by atoms with E-state index in [1.165, 1.54) is 0 Å². The average Bonchev–Trinajstić information content (AvgIpc) is 3.11. The molecule has 2 heterocycles. The molecule has 5 heteroatoms. The Kier molecular flexibility index (Phi) is 3.13. The monoisotopic (exact) mass is 308 g/mol. The lowest BCUT2D eigenvalue weighted by Gasteiger charge is -2.34. The van der Waals surface area contributed by atoms with Crippen molar-refractivity contribution in [1.82, 2.24) is 14.7 Å². The standard InChI is InChI=1S/C18H20N4O/c1-12-11-15(13(2)22(12)14-7-4-3-5-8-14)16-20-17(21-23-16)18(19)9-6-10-18/h3-5,7-8,11H,6,9-10,19H2,1-2H3. The van der Waals surface area contributed by atoms with Gasteiger partial charge < -0.3 is 14.8 Å². The minimum Gasteiger partial charge on any atom is -0.334 e. The van der Waals surface area contributed by atoms with E-state index in [0.29, 0.717) is 11.7 Å². The van der Waals surface area contributed by atoms with E-state index >= 15 is 0 Å². The van der Waals surface area contributed by atoms with Crippen molar-refractivity contribution in [3.05, 3.63) is 53.6 Å². The quantitative estimate of drug-likeness (QED) is 0.804. The molecule has 1 fully saturated rings. The van der Waals surface area contributed by atoms with Crippen LogP contribution in [0.25, 0.3) is 17.1 Å². The molecule has 5 nitrogen and oxygen atoms in total. The van der Waals surface area contributed by atoms with Gasteiger partial charge in [0, 0.05) is 17.1 Å². The topological polar surface area (TPSA) is 69.9 Å². The third kappa shape index (κ3) is 2.19. The van der Waals surface area contributed by atoms with Crippen LogP contribution in [-0.2, 0) is 5.54 Å². The summed E-state index contributed by atoms with van der Waals surface area (Å²) in [6, 6.07) is 12.4. The van der Waals surface area contributed by atoms with E-state index in [-0.39, 0.29) is 0 Å². The Labute approximate surface area is 135 Å². The van der Waals surface area contributed by atoms with Gasteiger partial charge >= 0.3 is 0 Å². The molecule has 1 aromatic carbocycles. The van der Waals surface area contributed by atoms with Gasteiger partial charge in [-0.2, -0.15) is 4.98 Å². The van der Waals surface area contributed by atoms with Crippen LogP contribution in [0.5, 0.6) is 0 Å². The smallest absolute Gasteiger partial charge is 0.259 e. The molecule has 0 unspecified atom stereocenters. The highest BCUT2D eigenvalue weighted by atomic mass is 16.5. The number of hydrogen-bond acceptors (Lipinski definition) is 4. The first-order valence-electron chi connectivity index (χ1n) is 7.96. The highest BCUT2D eigenvalue weighted by molar-refractivity contribution is 5.61. The van der Waals surface area contributed by atoms with Crippen LogP contribution in [0.15, 0.2) is 40.9 Å². The van der Waals surface area contributed by atoms with E-state index in [0.717, 1.165) is 41.9 Å². The highest BCUT2D eigenvalue weighted by Gasteiger charge is 2.39. The average molecular weight is 308 g/mol. The molecule has 0 atom stereocenters. The predicted octanol–water partition coefficient (Wildman–Crippen LogP) is 3.48. The minimum absolute atomic E-state index is 0.396. The van der Waals surface area contributed by atoms with Gasteiger partial charge in [0.25, 0.3) is 5.89 Å². The van der Waals surface area contributed by atoms with Crippen LogP contribution in [0.1, 0.15) is 36.5 Å². The molecule has 2 aromatic heterocycles. The maximum Gasteiger partial charge on any atom is 0.259 e. The summed E-state index contributed by atoms with van der Waals surface area (Å²) in [5, 5.41) is 4.12. The Morgan fingerprint density at radius 2 is 1.91 bits per heavy atom. The molecular formula is C18H20N4O. The first-order chi connectivity index (χ1) is 11.1. The van der Waals surface area contributed by atoms with Crippen LogP contribution in [0.4, 0.5) is 0 Å². The lowest BCUT2D eigenvalue weighted by molar-refractivity contribution is 0.229. The van der Waals surface area contributed by atoms with Gasteiger partial charge in [-0.05, 0) is 51.3 Å². The van der Waals surface area contributed by atoms with Gasteiger partial charge in [0.05, 0.1) is 11.1 Å². The summed E-state index contributed by atoms with van der Waals surface area (Å²) >= 11 is 0. The molecule has 1 aliphatic carbocycles. The van der Waals surface area contributed by atoms with Gasteiger partial charge in [0.1, 0.15) is 0 Å². The fourth-order valence-electron chi connectivity index (χ4n) is 3.27. The van der Waals surface area contributed by atoms with Crippen molar-refractivity contribution in [2.24, 2.45) is 5.73 Å². The van der Waals surface area contributed by atoms with Gasteiger partial charge in [0.15, 0.2) is 5.82 Å². The number of hydrogen-bond donors (Lipinski definition) is 1. The number of nitrogens with zero attached hydrogens (tertiary/aromatic N) is 3. The zero-order valence-corrected chi connectivity index (χ0v) is 13.4. The number of benzene rings is 1. The number of para-hydroxylation sites is 1. The van der Waals surface area contributed by atoms with Crippen LogP contribution in [-0.4, -0.2) is 14.7 Å². The third-order valence-electron chi connectivity index (χ3n) is 4.79. The molecule has 1 aliphatic rings. The molecule has 1 saturated carbocycles. The second-order valence-corrected chi connectivity index (χ2v) is 6.39. The Morgan fingerprint density at radius 1 is 1.17 bits per heavy atom. The van der Waals surface area contributed by atoms with Crippen molar-refractivity contribution < 1.29 is 4.52 Å². The number of aromatic nitrogens is 3. The van der Waals surface area contributed by atoms with E-state index in [1.807, 2.05) is 18.2 Å². The summed E-state index contributed by atoms with van der Waals surface area (Å²) in [5.74, 6) is 1.18. The number of nitrogens with two attached hydrogens (primary N) is 1. The summed E-state index contributed by atoms with van der Waals surface area (Å²) in [7, 11) is 0. The van der Waals surface area contributed by atoms with Crippen LogP contribution >= 0.6 is 0 Å². The summed E-state index contributed by atoms with van der Waals surface area (Å²) in [6.07, 6.45) is 2.98. The van der Waals surface area contributed by atoms with Gasteiger partial charge in [-0.3, -0.25) is 0 Å². The Morgan fingerprint density at radius 3 is 2.57 bits per heavy atom. The molecule has 0 saturated heterocycles. The molecule has 0 aliphatic heterocycles. The van der Waals surface area contributed by atoms with Gasteiger partial charge in [-0.1, -0.05) is 23.4 Å². The zero-order valence-electron chi connectivity index (χ0n) is 13.4. The molecular weight excluding hydrogens is 288 g/mol. The SMILES string of the molecule is Cc1cc(-c2nc(C3(N)CCC3)no2)c(C)n1-c1ccccc1. The largest absolute Gasteiger partial charge is 0.334 e. The van der Waals surface area contributed by atoms with E-state index in [2.05, 4.69) is 46.8 Å². The van der Waals surface area contributed by atoms with Crippen molar-refractivity contribution in [2.45, 2.75) is 38.6 Å². The lowest BCUT2D eigenvalue weighted by Crippen LogP contribution is -2.44. The number of aryl methyl sites for hydroxylation is 1. The summed E-state index contributed by atoms with van der Waals surface area (Å²) in [6.45, 7) is 4.15. The van der Waals surface area contributed by atoms with Crippen LogP contribution in [0.3, 0.4) is 0 Å². The van der Waals surface area contributed by atoms with Crippen molar-refractivity contribution in [3.8, 4) is 17.1 Å². The van der Waals surface area contributed by atoms with E-state index in [9.17, 15) is 0 Å². The summed E-state index contributed by atoms with van der Waals surface area (Å²) < 4.78 is 7.70. The van der Waals surface area contributed by atoms with Crippen LogP contribution in [0, 0.1) is 13.8 Å². The molecule has 4 rings (SSSR count). The molecule has 2 N–H and O–H groups in total. The second-order valence-electron chi connectivity index (χ2n) is 6.39. The fraction of sp³-hybridized carbons (Fsp3) is 0.333. The zero-order chi connectivity index (χ0) is 16.0. The highest BCUT2D eigenvalue weighted by Crippen LogP contribution is 2.38. The van der Waals surface area contributed by atoms with E-state index < -0.39 is 5.54 Å². The van der Waals surface area contributed by atoms with Gasteiger partial charge in [-0.25, -0.2) is 0 Å². The first-order valence-corrected chi connectivity index (χ1v) is 7.96. The molecule has 0 radical (unpaired) electrons. The predicted molar refractivity (Wildman–Crippen MR) is 88.3 cm³/mol. The molecule has 118 valence electrons. The van der Waals surface area contributed by atoms with E-state index in [4.69, 9.17) is 10.3 Å². The normalized spacial score (nSPS) is 16.3. The Hall–Kier alpha value is -2.40. The van der Waals surface area contributed by atoms with Crippen molar-refractivity contribution in [2.75, 3.05) is 0 Å². The first kappa shape index (κ1) is 14.2. The second kappa shape index (κ2) is 5.06. The third-order valence-corrected chi connectivity index (χ3v) is 4.79. The van der Waals surface area contributed by atoms with Crippen LogP contribution < -0.4 is 5.73 Å². The minimum atomic E-state index is -0.396. The molecule has 3 aromatic rings. The van der Waals surface area contributed by atoms with Gasteiger partial charge in [0.2, 0.25) is 0 Å². The van der Waals surface area contributed by atoms with E-state index in [1.54, 1.807) is 0 Å². The molecule has 0 spiro atoms. The van der Waals surface area contributed by atoms with Crippen molar-refractivity contribution in [3.63, 3.8) is 0 Å². The number of rotatable bonds is 3. The molecule has 0 amide bonds. The maximum absolute atomic E-state index is 6.29. The molecule has 23 heavy (non-hydrogen) atoms. The van der Waals surface area contributed by atoms with Crippen LogP contribution in [0.2, 0.25) is 0 Å². The summed E-state index contributed by atoms with van der Waals surface area (Å²) in [4.78, 5) is 4.57. The Balaban J connectivity index is 1.76. The lowest BCUT2D eigenvalue weighted by atomic mass is 9.77. The fourth-order valence-corrected chi connectivity index (χ4v) is 3.27. The Bertz CT molecular complexity index is 843. The summed E-state index contributed by atoms with van der Waals surface area (Å²) in [5.41, 5.74) is 10.2.